The number of rotatable bonds is 8. The molecule has 0 aliphatic carbocycles. The first-order chi connectivity index (χ1) is 15.5. The molecular weight excluding hydrogens is 422 g/mol. The molecule has 0 unspecified atom stereocenters. The molecule has 3 aromatic rings. The minimum atomic E-state index is 0.158. The van der Waals surface area contributed by atoms with E-state index in [0.717, 1.165) is 65.1 Å². The molecule has 1 aliphatic heterocycles. The minimum absolute atomic E-state index is 0.158. The Balaban J connectivity index is 1.60. The predicted octanol–water partition coefficient (Wildman–Crippen LogP) is 4.01. The van der Waals surface area contributed by atoms with Crippen molar-refractivity contribution in [2.24, 2.45) is 0 Å². The molecule has 4 N–H and O–H groups in total. The SMILES string of the molecule is CC(=O)Cc1ccc(Sc2nc(Nc3cc(C)[nH]n3)c(C)c(NC3CCNCC3)n2)cc1. The first-order valence-corrected chi connectivity index (χ1v) is 11.7. The maximum absolute atomic E-state index is 11.4. The molecule has 3 heterocycles. The van der Waals surface area contributed by atoms with Crippen LogP contribution in [-0.4, -0.2) is 45.1 Å². The highest BCUT2D eigenvalue weighted by atomic mass is 32.2. The van der Waals surface area contributed by atoms with Crippen molar-refractivity contribution in [3.63, 3.8) is 0 Å². The van der Waals surface area contributed by atoms with Crippen LogP contribution >= 0.6 is 11.8 Å². The van der Waals surface area contributed by atoms with Crippen molar-refractivity contribution in [1.82, 2.24) is 25.5 Å². The van der Waals surface area contributed by atoms with E-state index in [2.05, 4.69) is 26.1 Å². The minimum Gasteiger partial charge on any atom is -0.367 e. The second-order valence-electron chi connectivity index (χ2n) is 8.18. The van der Waals surface area contributed by atoms with E-state index in [9.17, 15) is 4.79 Å². The number of ketones is 1. The number of carbonyl (C=O) groups excluding carboxylic acids is 1. The zero-order valence-corrected chi connectivity index (χ0v) is 19.5. The highest BCUT2D eigenvalue weighted by Crippen LogP contribution is 2.31. The lowest BCUT2D eigenvalue weighted by Crippen LogP contribution is -2.35. The van der Waals surface area contributed by atoms with E-state index in [4.69, 9.17) is 9.97 Å². The summed E-state index contributed by atoms with van der Waals surface area (Å²) in [6, 6.07) is 10.3. The molecule has 0 spiro atoms. The van der Waals surface area contributed by atoms with E-state index in [0.29, 0.717) is 17.6 Å². The fourth-order valence-electron chi connectivity index (χ4n) is 3.64. The molecule has 4 rings (SSSR count). The number of piperidine rings is 1. The summed E-state index contributed by atoms with van der Waals surface area (Å²) in [5.74, 6) is 2.46. The number of aromatic nitrogens is 4. The Morgan fingerprint density at radius 1 is 1.12 bits per heavy atom. The number of aromatic amines is 1. The number of aryl methyl sites for hydroxylation is 1. The molecule has 0 radical (unpaired) electrons. The van der Waals surface area contributed by atoms with Crippen molar-refractivity contribution >= 4 is 35.0 Å². The van der Waals surface area contributed by atoms with Crippen LogP contribution in [0, 0.1) is 13.8 Å². The van der Waals surface area contributed by atoms with Gasteiger partial charge in [-0.1, -0.05) is 12.1 Å². The van der Waals surface area contributed by atoms with Gasteiger partial charge in [-0.15, -0.1) is 0 Å². The lowest BCUT2D eigenvalue weighted by atomic mass is 10.1. The summed E-state index contributed by atoms with van der Waals surface area (Å²) < 4.78 is 0. The van der Waals surface area contributed by atoms with Gasteiger partial charge in [0.1, 0.15) is 17.4 Å². The largest absolute Gasteiger partial charge is 0.367 e. The van der Waals surface area contributed by atoms with Gasteiger partial charge in [0, 0.05) is 34.7 Å². The molecule has 0 saturated carbocycles. The highest BCUT2D eigenvalue weighted by Gasteiger charge is 2.18. The van der Waals surface area contributed by atoms with E-state index in [1.54, 1.807) is 6.92 Å². The maximum Gasteiger partial charge on any atom is 0.196 e. The van der Waals surface area contributed by atoms with Crippen molar-refractivity contribution in [2.75, 3.05) is 23.7 Å². The van der Waals surface area contributed by atoms with Crippen molar-refractivity contribution in [3.8, 4) is 0 Å². The third-order valence-corrected chi connectivity index (χ3v) is 6.22. The van der Waals surface area contributed by atoms with Crippen LogP contribution in [0.2, 0.25) is 0 Å². The Morgan fingerprint density at radius 2 is 1.84 bits per heavy atom. The summed E-state index contributed by atoms with van der Waals surface area (Å²) in [6.07, 6.45) is 2.57. The van der Waals surface area contributed by atoms with E-state index < -0.39 is 0 Å². The van der Waals surface area contributed by atoms with Crippen molar-refractivity contribution in [2.45, 2.75) is 56.1 Å². The molecule has 0 bridgehead atoms. The fraction of sp³-hybridized carbons (Fsp3) is 0.391. The van der Waals surface area contributed by atoms with Crippen LogP contribution in [-0.2, 0) is 11.2 Å². The summed E-state index contributed by atoms with van der Waals surface area (Å²) in [5, 5.41) is 18.3. The quantitative estimate of drug-likeness (QED) is 0.381. The fourth-order valence-corrected chi connectivity index (χ4v) is 4.39. The van der Waals surface area contributed by atoms with Crippen molar-refractivity contribution in [3.05, 3.63) is 47.2 Å². The topological polar surface area (TPSA) is 108 Å². The number of hydrogen-bond donors (Lipinski definition) is 4. The van der Waals surface area contributed by atoms with E-state index in [1.165, 1.54) is 11.8 Å². The van der Waals surface area contributed by atoms with Gasteiger partial charge < -0.3 is 16.0 Å². The van der Waals surface area contributed by atoms with Crippen molar-refractivity contribution in [1.29, 1.82) is 0 Å². The number of carbonyl (C=O) groups is 1. The number of hydrogen-bond acceptors (Lipinski definition) is 8. The van der Waals surface area contributed by atoms with E-state index >= 15 is 0 Å². The third-order valence-electron chi connectivity index (χ3n) is 5.34. The van der Waals surface area contributed by atoms with Crippen molar-refractivity contribution < 1.29 is 4.79 Å². The summed E-state index contributed by atoms with van der Waals surface area (Å²) in [4.78, 5) is 22.0. The van der Waals surface area contributed by atoms with Crippen LogP contribution in [0.25, 0.3) is 0 Å². The standard InChI is InChI=1S/C23H29N7OS/c1-14-12-20(30-29-14)26-22-16(3)21(25-18-8-10-24-11-9-18)27-23(28-22)32-19-6-4-17(5-7-19)13-15(2)31/h4-7,12,18,24H,8-11,13H2,1-3H3,(H3,25,26,27,28,29,30). The Kier molecular flexibility index (Phi) is 7.06. The Bertz CT molecular complexity index is 1070. The van der Waals surface area contributed by atoms with Crippen LogP contribution in [0.4, 0.5) is 17.5 Å². The Hall–Kier alpha value is -2.91. The Labute approximate surface area is 192 Å². The summed E-state index contributed by atoms with van der Waals surface area (Å²) >= 11 is 1.50. The van der Waals surface area contributed by atoms with Crippen LogP contribution < -0.4 is 16.0 Å². The first kappa shape index (κ1) is 22.3. The average molecular weight is 452 g/mol. The van der Waals surface area contributed by atoms with Gasteiger partial charge in [0.25, 0.3) is 0 Å². The normalized spacial score (nSPS) is 14.3. The Morgan fingerprint density at radius 3 is 2.50 bits per heavy atom. The summed E-state index contributed by atoms with van der Waals surface area (Å²) in [7, 11) is 0. The molecule has 2 aromatic heterocycles. The molecule has 32 heavy (non-hydrogen) atoms. The number of anilines is 3. The molecule has 1 saturated heterocycles. The molecule has 9 heteroatoms. The number of nitrogens with zero attached hydrogens (tertiary/aromatic N) is 3. The number of Topliss-reactive ketones (excluding diaryl/α,β-unsaturated/α-hetero) is 1. The number of benzene rings is 1. The number of nitrogens with one attached hydrogen (secondary N) is 4. The summed E-state index contributed by atoms with van der Waals surface area (Å²) in [6.45, 7) is 7.61. The molecule has 8 nitrogen and oxygen atoms in total. The molecule has 1 aromatic carbocycles. The molecule has 1 aliphatic rings. The first-order valence-electron chi connectivity index (χ1n) is 10.9. The van der Waals surface area contributed by atoms with Gasteiger partial charge >= 0.3 is 0 Å². The van der Waals surface area contributed by atoms with Gasteiger partial charge in [0.15, 0.2) is 11.0 Å². The van der Waals surface area contributed by atoms with Gasteiger partial charge in [0.05, 0.1) is 0 Å². The maximum atomic E-state index is 11.4. The average Bonchev–Trinajstić information content (AvgIpc) is 3.18. The van der Waals surface area contributed by atoms with E-state index in [1.807, 2.05) is 44.2 Å². The number of H-pyrrole nitrogens is 1. The summed E-state index contributed by atoms with van der Waals surface area (Å²) in [5.41, 5.74) is 2.95. The molecule has 1 fully saturated rings. The van der Waals surface area contributed by atoms with E-state index in [-0.39, 0.29) is 5.78 Å². The van der Waals surface area contributed by atoms with Gasteiger partial charge in [-0.3, -0.25) is 9.89 Å². The van der Waals surface area contributed by atoms with Crippen LogP contribution in [0.1, 0.15) is 36.6 Å². The molecular formula is C23H29N7OS. The monoisotopic (exact) mass is 451 g/mol. The van der Waals surface area contributed by atoms with Gasteiger partial charge in [-0.25, -0.2) is 9.97 Å². The molecule has 0 amide bonds. The highest BCUT2D eigenvalue weighted by molar-refractivity contribution is 7.99. The van der Waals surface area contributed by atoms with Crippen LogP contribution in [0.5, 0.6) is 0 Å². The van der Waals surface area contributed by atoms with Crippen LogP contribution in [0.15, 0.2) is 40.4 Å². The van der Waals surface area contributed by atoms with Gasteiger partial charge in [-0.05, 0) is 76.2 Å². The van der Waals surface area contributed by atoms with Crippen LogP contribution in [0.3, 0.4) is 0 Å². The lowest BCUT2D eigenvalue weighted by molar-refractivity contribution is -0.116. The van der Waals surface area contributed by atoms with Gasteiger partial charge in [-0.2, -0.15) is 5.10 Å². The zero-order chi connectivity index (χ0) is 22.5. The second kappa shape index (κ2) is 10.1. The van der Waals surface area contributed by atoms with Gasteiger partial charge in [0.2, 0.25) is 0 Å². The lowest BCUT2D eigenvalue weighted by Gasteiger charge is -2.25. The third kappa shape index (κ3) is 5.86. The molecule has 0 atom stereocenters. The second-order valence-corrected chi connectivity index (χ2v) is 9.22. The zero-order valence-electron chi connectivity index (χ0n) is 18.7. The predicted molar refractivity (Wildman–Crippen MR) is 128 cm³/mol. The smallest absolute Gasteiger partial charge is 0.196 e. The molecule has 168 valence electrons.